The minimum absolute atomic E-state index is 0.130. The van der Waals surface area contributed by atoms with Gasteiger partial charge in [-0.3, -0.25) is 4.79 Å². The third kappa shape index (κ3) is 4.56. The summed E-state index contributed by atoms with van der Waals surface area (Å²) in [5.74, 6) is -0.239. The molecule has 7 heteroatoms. The Balaban J connectivity index is 1.70. The maximum Gasteiger partial charge on any atom is 0.230 e. The summed E-state index contributed by atoms with van der Waals surface area (Å²) >= 11 is 1.50. The van der Waals surface area contributed by atoms with Crippen LogP contribution in [-0.4, -0.2) is 25.6 Å². The number of aromatic nitrogens is 1. The Kier molecular flexibility index (Phi) is 5.20. The number of anilines is 1. The molecule has 0 radical (unpaired) electrons. The highest BCUT2D eigenvalue weighted by Crippen LogP contribution is 2.25. The summed E-state index contributed by atoms with van der Waals surface area (Å²) < 4.78 is 23.2. The molecule has 0 unspecified atom stereocenters. The van der Waals surface area contributed by atoms with Crippen LogP contribution in [-0.2, 0) is 21.1 Å². The summed E-state index contributed by atoms with van der Waals surface area (Å²) in [5.41, 5.74) is 3.32. The molecular weight excluding hydrogens is 368 g/mol. The Morgan fingerprint density at radius 1 is 1.15 bits per heavy atom. The average Bonchev–Trinajstić information content (AvgIpc) is 3.02. The number of carbonyl (C=O) groups is 1. The van der Waals surface area contributed by atoms with Gasteiger partial charge in [0.25, 0.3) is 0 Å². The second-order valence-corrected chi connectivity index (χ2v) is 8.91. The molecule has 1 amide bonds. The smallest absolute Gasteiger partial charge is 0.230 e. The fourth-order valence-corrected chi connectivity index (χ4v) is 3.96. The number of nitrogens with zero attached hydrogens (tertiary/aromatic N) is 1. The molecule has 134 valence electrons. The summed E-state index contributed by atoms with van der Waals surface area (Å²) in [5, 5.41) is 5.46. The molecule has 1 aromatic heterocycles. The molecule has 0 aliphatic heterocycles. The molecule has 0 aliphatic rings. The third-order valence-corrected chi connectivity index (χ3v) is 5.75. The lowest BCUT2D eigenvalue weighted by Gasteiger charge is -2.06. The Bertz CT molecular complexity index is 1060. The average molecular weight is 386 g/mol. The molecule has 2 aromatic carbocycles. The zero-order valence-electron chi connectivity index (χ0n) is 14.4. The van der Waals surface area contributed by atoms with Crippen molar-refractivity contribution in [3.63, 3.8) is 0 Å². The summed E-state index contributed by atoms with van der Waals surface area (Å²) in [6.07, 6.45) is 1.27. The van der Waals surface area contributed by atoms with Crippen molar-refractivity contribution >= 4 is 32.8 Å². The van der Waals surface area contributed by atoms with Gasteiger partial charge in [0.15, 0.2) is 9.84 Å². The van der Waals surface area contributed by atoms with E-state index in [1.54, 1.807) is 12.1 Å². The number of benzene rings is 2. The van der Waals surface area contributed by atoms with E-state index in [1.165, 1.54) is 23.5 Å². The molecule has 3 rings (SSSR count). The topological polar surface area (TPSA) is 76.1 Å². The van der Waals surface area contributed by atoms with E-state index in [1.807, 2.05) is 30.5 Å². The van der Waals surface area contributed by atoms with Crippen LogP contribution in [0, 0.1) is 6.92 Å². The fourth-order valence-electron chi connectivity index (χ4n) is 2.47. The molecule has 5 nitrogen and oxygen atoms in total. The highest BCUT2D eigenvalue weighted by Gasteiger charge is 2.12. The Hall–Kier alpha value is -2.51. The van der Waals surface area contributed by atoms with Crippen molar-refractivity contribution in [2.75, 3.05) is 11.6 Å². The van der Waals surface area contributed by atoms with Crippen LogP contribution < -0.4 is 5.32 Å². The molecule has 0 aliphatic carbocycles. The summed E-state index contributed by atoms with van der Waals surface area (Å²) in [6, 6.07) is 14.3. The lowest BCUT2D eigenvalue weighted by molar-refractivity contribution is -0.115. The molecular formula is C19H18N2O3S2. The van der Waals surface area contributed by atoms with Crippen molar-refractivity contribution < 1.29 is 13.2 Å². The van der Waals surface area contributed by atoms with E-state index < -0.39 is 9.84 Å². The van der Waals surface area contributed by atoms with E-state index in [9.17, 15) is 13.2 Å². The monoisotopic (exact) mass is 386 g/mol. The van der Waals surface area contributed by atoms with Gasteiger partial charge < -0.3 is 5.32 Å². The minimum atomic E-state index is -3.31. The van der Waals surface area contributed by atoms with E-state index in [0.29, 0.717) is 11.4 Å². The lowest BCUT2D eigenvalue weighted by Crippen LogP contribution is -2.15. The fraction of sp³-hybridized carbons (Fsp3) is 0.158. The van der Waals surface area contributed by atoms with Gasteiger partial charge in [-0.25, -0.2) is 13.4 Å². The first kappa shape index (κ1) is 18.3. The van der Waals surface area contributed by atoms with Crippen LogP contribution in [0.3, 0.4) is 0 Å². The third-order valence-electron chi connectivity index (χ3n) is 3.70. The first-order chi connectivity index (χ1) is 12.3. The molecule has 3 aromatic rings. The quantitative estimate of drug-likeness (QED) is 0.725. The molecule has 0 fully saturated rings. The lowest BCUT2D eigenvalue weighted by atomic mass is 10.1. The Morgan fingerprint density at radius 3 is 2.65 bits per heavy atom. The number of amides is 1. The van der Waals surface area contributed by atoms with Gasteiger partial charge >= 0.3 is 0 Å². The van der Waals surface area contributed by atoms with Crippen molar-refractivity contribution in [1.29, 1.82) is 0 Å². The van der Waals surface area contributed by atoms with E-state index in [2.05, 4.69) is 16.4 Å². The van der Waals surface area contributed by atoms with Gasteiger partial charge in [-0.1, -0.05) is 29.8 Å². The Labute approximate surface area is 156 Å². The van der Waals surface area contributed by atoms with Gasteiger partial charge in [0.2, 0.25) is 5.91 Å². The summed E-state index contributed by atoms with van der Waals surface area (Å²) in [4.78, 5) is 16.9. The summed E-state index contributed by atoms with van der Waals surface area (Å²) in [6.45, 7) is 2.02. The number of aryl methyl sites for hydroxylation is 1. The van der Waals surface area contributed by atoms with E-state index in [0.717, 1.165) is 22.4 Å². The highest BCUT2D eigenvalue weighted by molar-refractivity contribution is 7.90. The number of nitrogens with one attached hydrogen (secondary N) is 1. The van der Waals surface area contributed by atoms with Gasteiger partial charge in [0.05, 0.1) is 17.0 Å². The molecule has 1 N–H and O–H groups in total. The van der Waals surface area contributed by atoms with Crippen LogP contribution in [0.15, 0.2) is 58.8 Å². The molecule has 0 spiro atoms. The zero-order chi connectivity index (χ0) is 18.7. The maximum atomic E-state index is 12.2. The van der Waals surface area contributed by atoms with Crippen LogP contribution in [0.1, 0.15) is 11.3 Å². The van der Waals surface area contributed by atoms with Gasteiger partial charge in [-0.2, -0.15) is 0 Å². The van der Waals surface area contributed by atoms with E-state index in [-0.39, 0.29) is 17.2 Å². The Morgan fingerprint density at radius 2 is 1.92 bits per heavy atom. The number of carbonyl (C=O) groups excluding carboxylic acids is 1. The van der Waals surface area contributed by atoms with Crippen molar-refractivity contribution in [3.05, 3.63) is 65.2 Å². The molecule has 0 bridgehead atoms. The van der Waals surface area contributed by atoms with Crippen molar-refractivity contribution in [2.24, 2.45) is 0 Å². The molecule has 0 atom stereocenters. The molecule has 1 heterocycles. The number of thiazole rings is 1. The first-order valence-electron chi connectivity index (χ1n) is 7.93. The van der Waals surface area contributed by atoms with Gasteiger partial charge in [0.1, 0.15) is 5.01 Å². The number of rotatable bonds is 5. The van der Waals surface area contributed by atoms with Crippen LogP contribution in [0.5, 0.6) is 0 Å². The number of sulfone groups is 1. The normalized spacial score (nSPS) is 11.3. The van der Waals surface area contributed by atoms with Gasteiger partial charge in [-0.15, -0.1) is 11.3 Å². The molecule has 26 heavy (non-hydrogen) atoms. The second kappa shape index (κ2) is 7.39. The number of hydrogen-bond acceptors (Lipinski definition) is 5. The van der Waals surface area contributed by atoms with E-state index >= 15 is 0 Å². The summed E-state index contributed by atoms with van der Waals surface area (Å²) in [7, 11) is -3.31. The van der Waals surface area contributed by atoms with Crippen molar-refractivity contribution in [1.82, 2.24) is 4.98 Å². The second-order valence-electron chi connectivity index (χ2n) is 6.04. The standard InChI is InChI=1S/C19H18N2O3S2/c1-13-5-3-6-14(9-13)19-21-16(12-25-19)11-18(22)20-15-7-4-8-17(10-15)26(2,23)24/h3-10,12H,11H2,1-2H3,(H,20,22). The van der Waals surface area contributed by atoms with Crippen molar-refractivity contribution in [3.8, 4) is 10.6 Å². The van der Waals surface area contributed by atoms with Gasteiger partial charge in [-0.05, 0) is 31.2 Å². The SMILES string of the molecule is Cc1cccc(-c2nc(CC(=O)Nc3cccc(S(C)(=O)=O)c3)cs2)c1. The predicted octanol–water partition coefficient (Wildman–Crippen LogP) is 3.70. The van der Waals surface area contributed by atoms with Crippen LogP contribution in [0.2, 0.25) is 0 Å². The maximum absolute atomic E-state index is 12.2. The predicted molar refractivity (Wildman–Crippen MR) is 104 cm³/mol. The van der Waals surface area contributed by atoms with Crippen LogP contribution in [0.25, 0.3) is 10.6 Å². The van der Waals surface area contributed by atoms with E-state index in [4.69, 9.17) is 0 Å². The zero-order valence-corrected chi connectivity index (χ0v) is 16.0. The van der Waals surface area contributed by atoms with Crippen molar-refractivity contribution in [2.45, 2.75) is 18.2 Å². The van der Waals surface area contributed by atoms with Crippen LogP contribution >= 0.6 is 11.3 Å². The first-order valence-corrected chi connectivity index (χ1v) is 10.7. The largest absolute Gasteiger partial charge is 0.326 e. The highest BCUT2D eigenvalue weighted by atomic mass is 32.2. The number of hydrogen-bond donors (Lipinski definition) is 1. The van der Waals surface area contributed by atoms with Gasteiger partial charge in [0, 0.05) is 22.9 Å². The minimum Gasteiger partial charge on any atom is -0.326 e. The molecule has 0 saturated carbocycles. The molecule has 0 saturated heterocycles. The van der Waals surface area contributed by atoms with Crippen LogP contribution in [0.4, 0.5) is 5.69 Å².